The molecule has 10 unspecified atom stereocenters. The van der Waals surface area contributed by atoms with Crippen LogP contribution in [0.25, 0.3) is 0 Å². The number of ketones is 1. The van der Waals surface area contributed by atoms with Gasteiger partial charge in [-0.3, -0.25) is 14.4 Å². The molecule has 3 N–H and O–H groups in total. The molecule has 6 aliphatic carbocycles. The summed E-state index contributed by atoms with van der Waals surface area (Å²) in [5.41, 5.74) is -1.52. The third kappa shape index (κ3) is 13.4. The number of carbonyl (C=O) groups is 5. The maximum Gasteiger partial charge on any atom is 0.338 e. The molecule has 90 heavy (non-hydrogen) atoms. The van der Waals surface area contributed by atoms with E-state index in [9.17, 15) is 34.5 Å². The lowest BCUT2D eigenvalue weighted by Gasteiger charge is -2.68. The number of aliphatic hydroxyl groups excluding tert-OH is 3. The molecule has 4 bridgehead atoms. The second-order valence-corrected chi connectivity index (χ2v) is 74.3. The molecule has 16 nitrogen and oxygen atoms in total. The Morgan fingerprint density at radius 3 is 1.33 bits per heavy atom. The molecule has 2 aromatic rings. The van der Waals surface area contributed by atoms with Gasteiger partial charge in [0.2, 0.25) is 0 Å². The molecule has 27 atom stereocenters. The minimum atomic E-state index is -1.22. The zero-order valence-electron chi connectivity index (χ0n) is 53.1. The van der Waals surface area contributed by atoms with Crippen LogP contribution in [0.4, 0.5) is 0 Å². The summed E-state index contributed by atoms with van der Waals surface area (Å²) in [7, 11) is 21.3. The fourth-order valence-electron chi connectivity index (χ4n) is 17.7. The van der Waals surface area contributed by atoms with Crippen LogP contribution in [-0.2, 0) is 51.9 Å². The second kappa shape index (κ2) is 29.0. The van der Waals surface area contributed by atoms with Gasteiger partial charge in [0.15, 0.2) is 11.2 Å². The van der Waals surface area contributed by atoms with E-state index in [-0.39, 0.29) is 30.8 Å². The van der Waals surface area contributed by atoms with Crippen molar-refractivity contribution in [3.05, 3.63) is 94.1 Å². The molecule has 4 saturated carbocycles. The maximum absolute atomic E-state index is 15.3. The van der Waals surface area contributed by atoms with Gasteiger partial charge in [-0.1, -0.05) is 96.0 Å². The number of rotatable bonds is 14. The van der Waals surface area contributed by atoms with E-state index in [2.05, 4.69) is 99.1 Å². The van der Waals surface area contributed by atoms with Crippen molar-refractivity contribution >= 4 is 144 Å². The van der Waals surface area contributed by atoms with E-state index < -0.39 is 178 Å². The Hall–Kier alpha value is 1.21. The van der Waals surface area contributed by atoms with Gasteiger partial charge in [-0.05, 0) is 108 Å². The molecule has 0 spiro atoms. The van der Waals surface area contributed by atoms with Crippen molar-refractivity contribution in [2.45, 2.75) is 175 Å². The minimum absolute atomic E-state index is 0.0613. The predicted molar refractivity (Wildman–Crippen MR) is 392 cm³/mol. The summed E-state index contributed by atoms with van der Waals surface area (Å²) in [4.78, 5) is 69.0. The standard InChI is InChI=1S/C30H47O8P7.C30H45O8P7/c2*1-15-20(32)12-19-24(36-27(34)18-10-8-7-9-11-18)25-29(6,26(33)16(2)23(15)28(19,4)5)21(38-43(44(39)40)45(41)42)13-22-30(25,14-35-22)37-17(3)31/h7-11,16,19-22,24-26,32-33H,12-14,39-42H2,1-6H3;7-11,16,19-22,24-25,32H,12-14,39-42H2,1-6H3/t16-,19?,20+,21+,22-,24-,25+,26-,29-,30+;16-,19?,20+,21+,22-,24-,25+,29-,30+/m11/s1. The summed E-state index contributed by atoms with van der Waals surface area (Å²) in [6.45, 7) is 20.6. The van der Waals surface area contributed by atoms with E-state index in [1.165, 1.54) is 13.8 Å². The van der Waals surface area contributed by atoms with Crippen molar-refractivity contribution in [1.82, 2.24) is 0 Å². The number of ether oxygens (including phenoxy) is 6. The predicted octanol–water partition coefficient (Wildman–Crippen LogP) is 15.0. The van der Waals surface area contributed by atoms with Crippen LogP contribution in [0.1, 0.15) is 129 Å². The Morgan fingerprint density at radius 2 is 0.933 bits per heavy atom. The van der Waals surface area contributed by atoms with Gasteiger partial charge in [-0.15, -0.1) is 71.4 Å². The Kier molecular flexibility index (Phi) is 24.3. The first-order chi connectivity index (χ1) is 42.0. The summed E-state index contributed by atoms with van der Waals surface area (Å²) in [5, 5.41) is 35.7. The van der Waals surface area contributed by atoms with E-state index in [0.29, 0.717) is 36.8 Å². The van der Waals surface area contributed by atoms with Crippen LogP contribution in [0.2, 0.25) is 0 Å². The molecule has 2 heterocycles. The Balaban J connectivity index is 0.000000213. The summed E-state index contributed by atoms with van der Waals surface area (Å²) >= 11 is 0. The summed E-state index contributed by atoms with van der Waals surface area (Å²) in [6.07, 6.45) is -4.96. The molecule has 498 valence electrons. The number of aliphatic hydroxyl groups is 3. The normalized spacial score (nSPS) is 38.2. The van der Waals surface area contributed by atoms with Crippen LogP contribution >= 0.6 is 114 Å². The zero-order chi connectivity index (χ0) is 66.4. The van der Waals surface area contributed by atoms with Gasteiger partial charge < -0.3 is 52.8 Å². The van der Waals surface area contributed by atoms with Crippen molar-refractivity contribution in [1.29, 1.82) is 0 Å². The lowest BCUT2D eigenvalue weighted by molar-refractivity contribution is -0.349. The first kappa shape index (κ1) is 75.4. The molecular formula is C60H92O16P14. The topological polar surface area (TPSA) is 220 Å². The number of hydrogen-bond acceptors (Lipinski definition) is 16. The summed E-state index contributed by atoms with van der Waals surface area (Å²) in [6, 6.07) is 17.6. The Labute approximate surface area is 556 Å². The molecule has 0 amide bonds. The SMILES string of the molecule is CC(=O)O[C@@]12CO[C@@H]1C[C@H](OP(P(P)P)P(P)P)[C@@]1(C)C(=O)[C@H](C)C3=C(C)[C@@H](O)CC([C@@H](OC(=O)c4ccccc4)[C@H]21)C3(C)C.CC(=O)O[C@@]12CO[C@@H]1C[C@H](OP(P(P)P)P(P)P)[C@@]1(C)[C@H](O)[C@H](C)C3=C(C)[C@@H](O)CC([C@@H](OC(=O)c4ccccc4)[C@H]21)C3(C)C. The van der Waals surface area contributed by atoms with Crippen LogP contribution in [0.15, 0.2) is 83.0 Å². The summed E-state index contributed by atoms with van der Waals surface area (Å²) in [5.74, 6) is -5.17. The molecule has 10 rings (SSSR count). The van der Waals surface area contributed by atoms with Crippen LogP contribution in [0.5, 0.6) is 0 Å². The van der Waals surface area contributed by atoms with Crippen LogP contribution < -0.4 is 0 Å². The van der Waals surface area contributed by atoms with Gasteiger partial charge in [0.25, 0.3) is 0 Å². The lowest BCUT2D eigenvalue weighted by atomic mass is 9.44. The third-order valence-electron chi connectivity index (χ3n) is 21.5. The van der Waals surface area contributed by atoms with Gasteiger partial charge in [-0.25, -0.2) is 9.59 Å². The fraction of sp³-hybridized carbons (Fsp3) is 0.650. The Bertz CT molecular complexity index is 3090. The molecule has 8 aliphatic rings. The second-order valence-electron chi connectivity index (χ2n) is 27.1. The highest BCUT2D eigenvalue weighted by atomic mass is 33.0. The van der Waals surface area contributed by atoms with E-state index in [1.54, 1.807) is 48.5 Å². The van der Waals surface area contributed by atoms with Crippen molar-refractivity contribution < 1.29 is 76.8 Å². The minimum Gasteiger partial charge on any atom is -0.458 e. The van der Waals surface area contributed by atoms with Gasteiger partial charge >= 0.3 is 23.9 Å². The van der Waals surface area contributed by atoms with Crippen molar-refractivity contribution in [2.75, 3.05) is 13.2 Å². The zero-order valence-corrected chi connectivity index (χ0v) is 67.7. The number of hydrogen-bond donors (Lipinski definition) is 3. The van der Waals surface area contributed by atoms with Gasteiger partial charge in [-0.2, -0.15) is 0 Å². The van der Waals surface area contributed by atoms with Gasteiger partial charge in [0.05, 0.1) is 87.2 Å². The van der Waals surface area contributed by atoms with Crippen LogP contribution in [-0.4, -0.2) is 124 Å². The van der Waals surface area contributed by atoms with Crippen molar-refractivity contribution in [2.24, 2.45) is 57.2 Å². The Morgan fingerprint density at radius 1 is 0.556 bits per heavy atom. The van der Waals surface area contributed by atoms with Crippen molar-refractivity contribution in [3.8, 4) is 0 Å². The smallest absolute Gasteiger partial charge is 0.338 e. The van der Waals surface area contributed by atoms with E-state index >= 15 is 4.79 Å². The van der Waals surface area contributed by atoms with Crippen molar-refractivity contribution in [3.63, 3.8) is 0 Å². The number of esters is 4. The fourth-order valence-corrected chi connectivity index (χ4v) is 83.5. The number of benzene rings is 2. The van der Waals surface area contributed by atoms with Gasteiger partial charge in [0, 0.05) is 55.8 Å². The number of allylic oxidation sites excluding steroid dienone is 1. The first-order valence-corrected chi connectivity index (χ1v) is 53.9. The molecule has 6 fully saturated rings. The monoisotopic (exact) mass is 1500 g/mol. The van der Waals surface area contributed by atoms with Gasteiger partial charge in [0.1, 0.15) is 30.2 Å². The van der Waals surface area contributed by atoms with Crippen LogP contribution in [0.3, 0.4) is 0 Å². The first-order valence-electron chi connectivity index (χ1n) is 30.2. The number of fused-ring (bicyclic) bond motifs is 10. The largest absolute Gasteiger partial charge is 0.458 e. The average Bonchev–Trinajstić information content (AvgIpc) is 0.685. The third-order valence-corrected chi connectivity index (χ3v) is 66.4. The van der Waals surface area contributed by atoms with Crippen LogP contribution in [0, 0.1) is 57.2 Å². The molecule has 0 aromatic heterocycles. The quantitative estimate of drug-likeness (QED) is 0.0693. The molecule has 30 heteroatoms. The van der Waals surface area contributed by atoms with E-state index in [1.807, 2.05) is 53.7 Å². The maximum atomic E-state index is 15.3. The lowest BCUT2D eigenvalue weighted by Crippen LogP contribution is -2.79. The summed E-state index contributed by atoms with van der Waals surface area (Å²) < 4.78 is 52.4. The molecule has 2 aliphatic heterocycles. The average molecular weight is 1500 g/mol. The number of carbonyl (C=O) groups excluding carboxylic acids is 5. The molecule has 2 aromatic carbocycles. The molecule has 0 radical (unpaired) electrons. The van der Waals surface area contributed by atoms with E-state index in [4.69, 9.17) is 37.5 Å². The highest BCUT2D eigenvalue weighted by Crippen LogP contribution is 2.99. The van der Waals surface area contributed by atoms with E-state index in [0.717, 1.165) is 22.3 Å². The molecular weight excluding hydrogens is 1410 g/mol. The number of Topliss-reactive ketones (excluding diaryl/α,β-unsaturated/α-hetero) is 1. The molecule has 2 saturated heterocycles. The highest BCUT2D eigenvalue weighted by Gasteiger charge is 2.77. The highest BCUT2D eigenvalue weighted by molar-refractivity contribution is 8.96.